The maximum absolute atomic E-state index is 5.39. The van der Waals surface area contributed by atoms with Crippen LogP contribution in [-0.4, -0.2) is 24.3 Å². The molecule has 0 atom stereocenters. The minimum absolute atomic E-state index is 0.649. The van der Waals surface area contributed by atoms with Crippen molar-refractivity contribution in [1.82, 2.24) is 24.3 Å². The molecule has 5 nitrogen and oxygen atoms in total. The molecule has 0 radical (unpaired) electrons. The van der Waals surface area contributed by atoms with E-state index in [0.29, 0.717) is 17.5 Å². The normalized spacial score (nSPS) is 11.7. The van der Waals surface area contributed by atoms with Gasteiger partial charge in [-0.3, -0.25) is 4.40 Å². The first-order valence-corrected chi connectivity index (χ1v) is 21.2. The van der Waals surface area contributed by atoms with Gasteiger partial charge in [0.15, 0.2) is 17.5 Å². The molecule has 7 heteroatoms. The Morgan fingerprint density at radius 1 is 0.373 bits per heavy atom. The van der Waals surface area contributed by atoms with E-state index in [1.807, 2.05) is 72.0 Å². The third-order valence-corrected chi connectivity index (χ3v) is 13.5. The van der Waals surface area contributed by atoms with Crippen molar-refractivity contribution >= 4 is 68.7 Å². The SMILES string of the molecule is c1ccc(-c2nc(-c3ccccc3)nc(-c3ccc4c(c3)sc3cccc(-c5ccccc5-c5nc6ccccn6c5-c5cccc6c5sc5ccccc56)c34)n2)cc1. The summed E-state index contributed by atoms with van der Waals surface area (Å²) in [7, 11) is 0. The highest BCUT2D eigenvalue weighted by atomic mass is 32.1. The van der Waals surface area contributed by atoms with E-state index in [9.17, 15) is 0 Å². The average molecular weight is 790 g/mol. The molecule has 0 saturated heterocycles. The predicted molar refractivity (Wildman–Crippen MR) is 247 cm³/mol. The third-order valence-electron chi connectivity index (χ3n) is 11.1. The molecule has 0 fully saturated rings. The van der Waals surface area contributed by atoms with E-state index in [1.165, 1.54) is 51.5 Å². The molecular formula is C52H31N5S2. The predicted octanol–water partition coefficient (Wildman–Crippen LogP) is 14.3. The van der Waals surface area contributed by atoms with Crippen LogP contribution in [-0.2, 0) is 0 Å². The summed E-state index contributed by atoms with van der Waals surface area (Å²) in [6.07, 6.45) is 2.14. The van der Waals surface area contributed by atoms with Gasteiger partial charge in [0, 0.05) is 74.4 Å². The van der Waals surface area contributed by atoms with E-state index >= 15 is 0 Å². The first-order valence-electron chi connectivity index (χ1n) is 19.6. The Hall–Kier alpha value is -7.32. The Morgan fingerprint density at radius 2 is 0.983 bits per heavy atom. The maximum Gasteiger partial charge on any atom is 0.164 e. The van der Waals surface area contributed by atoms with E-state index in [0.717, 1.165) is 44.9 Å². The molecule has 7 aromatic carbocycles. The van der Waals surface area contributed by atoms with E-state index in [4.69, 9.17) is 19.9 Å². The van der Waals surface area contributed by atoms with Crippen LogP contribution in [0.25, 0.3) is 114 Å². The Morgan fingerprint density at radius 3 is 1.78 bits per heavy atom. The molecule has 0 aliphatic carbocycles. The number of hydrogen-bond acceptors (Lipinski definition) is 6. The Balaban J connectivity index is 1.03. The molecule has 59 heavy (non-hydrogen) atoms. The van der Waals surface area contributed by atoms with Gasteiger partial charge in [-0.25, -0.2) is 19.9 Å². The van der Waals surface area contributed by atoms with Crippen molar-refractivity contribution in [2.24, 2.45) is 0 Å². The fourth-order valence-electron chi connectivity index (χ4n) is 8.43. The summed E-state index contributed by atoms with van der Waals surface area (Å²) in [5.41, 5.74) is 10.4. The van der Waals surface area contributed by atoms with Crippen LogP contribution in [0.4, 0.5) is 0 Å². The van der Waals surface area contributed by atoms with Gasteiger partial charge in [0.05, 0.1) is 11.4 Å². The Kier molecular flexibility index (Phi) is 7.82. The number of nitrogens with zero attached hydrogens (tertiary/aromatic N) is 5. The second kappa shape index (κ2) is 13.7. The number of thiophene rings is 2. The van der Waals surface area contributed by atoms with Crippen LogP contribution in [0, 0.1) is 0 Å². The topological polar surface area (TPSA) is 56.0 Å². The molecule has 0 unspecified atom stereocenters. The lowest BCUT2D eigenvalue weighted by molar-refractivity contribution is 1.07. The van der Waals surface area contributed by atoms with Crippen molar-refractivity contribution in [2.75, 3.05) is 0 Å². The molecule has 5 heterocycles. The zero-order chi connectivity index (χ0) is 38.9. The van der Waals surface area contributed by atoms with Gasteiger partial charge in [0.25, 0.3) is 0 Å². The van der Waals surface area contributed by atoms with Crippen molar-refractivity contribution in [2.45, 2.75) is 0 Å². The van der Waals surface area contributed by atoms with Crippen molar-refractivity contribution in [3.05, 3.63) is 188 Å². The van der Waals surface area contributed by atoms with E-state index in [2.05, 4.69) is 132 Å². The fourth-order valence-corrected chi connectivity index (χ4v) is 10.8. The fraction of sp³-hybridized carbons (Fsp3) is 0. The second-order valence-electron chi connectivity index (χ2n) is 14.6. The first kappa shape index (κ1) is 33.8. The van der Waals surface area contributed by atoms with Gasteiger partial charge < -0.3 is 0 Å². The van der Waals surface area contributed by atoms with Crippen LogP contribution in [0.3, 0.4) is 0 Å². The highest BCUT2D eigenvalue weighted by Gasteiger charge is 2.23. The molecule has 0 N–H and O–H groups in total. The summed E-state index contributed by atoms with van der Waals surface area (Å²) in [5.74, 6) is 1.95. The minimum Gasteiger partial charge on any atom is -0.299 e. The molecule has 0 aliphatic rings. The lowest BCUT2D eigenvalue weighted by Gasteiger charge is -2.13. The van der Waals surface area contributed by atoms with Gasteiger partial charge in [-0.2, -0.15) is 0 Å². The van der Waals surface area contributed by atoms with Gasteiger partial charge in [0.1, 0.15) is 5.65 Å². The number of hydrogen-bond donors (Lipinski definition) is 0. The molecule has 0 spiro atoms. The largest absolute Gasteiger partial charge is 0.299 e. The zero-order valence-corrected chi connectivity index (χ0v) is 33.1. The van der Waals surface area contributed by atoms with Gasteiger partial charge >= 0.3 is 0 Å². The lowest BCUT2D eigenvalue weighted by Crippen LogP contribution is -1.99. The van der Waals surface area contributed by atoms with E-state index < -0.39 is 0 Å². The number of rotatable bonds is 6. The number of fused-ring (bicyclic) bond motifs is 7. The highest BCUT2D eigenvalue weighted by Crippen LogP contribution is 2.47. The van der Waals surface area contributed by atoms with Crippen LogP contribution in [0.2, 0.25) is 0 Å². The maximum atomic E-state index is 5.39. The molecule has 12 aromatic rings. The summed E-state index contributed by atoms with van der Waals surface area (Å²) in [4.78, 5) is 20.4. The van der Waals surface area contributed by atoms with Crippen LogP contribution in [0.1, 0.15) is 0 Å². The van der Waals surface area contributed by atoms with Gasteiger partial charge in [0.2, 0.25) is 0 Å². The minimum atomic E-state index is 0.649. The average Bonchev–Trinajstić information content (AvgIpc) is 4.01. The summed E-state index contributed by atoms with van der Waals surface area (Å²) in [5, 5.41) is 4.99. The molecule has 0 saturated carbocycles. The van der Waals surface area contributed by atoms with Gasteiger partial charge in [-0.05, 0) is 41.5 Å². The Bertz CT molecular complexity index is 3510. The number of imidazole rings is 1. The molecule has 0 aliphatic heterocycles. The van der Waals surface area contributed by atoms with Crippen molar-refractivity contribution in [3.8, 4) is 67.8 Å². The van der Waals surface area contributed by atoms with Crippen molar-refractivity contribution < 1.29 is 0 Å². The molecule has 5 aromatic heterocycles. The van der Waals surface area contributed by atoms with E-state index in [1.54, 1.807) is 11.3 Å². The summed E-state index contributed by atoms with van der Waals surface area (Å²) >= 11 is 3.65. The van der Waals surface area contributed by atoms with Crippen molar-refractivity contribution in [3.63, 3.8) is 0 Å². The van der Waals surface area contributed by atoms with Crippen LogP contribution < -0.4 is 0 Å². The lowest BCUT2D eigenvalue weighted by atomic mass is 9.92. The standard InChI is InChI=1S/C52H31N5S2/c1-3-15-32(16-4-1)50-54-51(33-17-5-2-6-18-33)56-52(55-50)34-28-29-40-44(31-34)58-43-26-14-22-37(46(40)43)35-19-7-8-21-38(35)47-48(57-30-12-11-27-45(57)53-47)41-24-13-23-39-36-20-9-10-25-42(36)59-49(39)41/h1-31H. The highest BCUT2D eigenvalue weighted by molar-refractivity contribution is 7.26. The summed E-state index contributed by atoms with van der Waals surface area (Å²) in [6, 6.07) is 63.9. The summed E-state index contributed by atoms with van der Waals surface area (Å²) in [6.45, 7) is 0. The summed E-state index contributed by atoms with van der Waals surface area (Å²) < 4.78 is 7.20. The quantitative estimate of drug-likeness (QED) is 0.168. The van der Waals surface area contributed by atoms with Crippen LogP contribution >= 0.6 is 22.7 Å². The molecule has 276 valence electrons. The molecule has 12 rings (SSSR count). The molecular weight excluding hydrogens is 759 g/mol. The van der Waals surface area contributed by atoms with Gasteiger partial charge in [-0.15, -0.1) is 22.7 Å². The first-order chi connectivity index (χ1) is 29.2. The Labute approximate surface area is 347 Å². The number of pyridine rings is 1. The third kappa shape index (κ3) is 5.58. The van der Waals surface area contributed by atoms with Crippen LogP contribution in [0.5, 0.6) is 0 Å². The van der Waals surface area contributed by atoms with Crippen LogP contribution in [0.15, 0.2) is 188 Å². The monoisotopic (exact) mass is 789 g/mol. The second-order valence-corrected chi connectivity index (χ2v) is 16.7. The van der Waals surface area contributed by atoms with Crippen molar-refractivity contribution in [1.29, 1.82) is 0 Å². The van der Waals surface area contributed by atoms with Gasteiger partial charge in [-0.1, -0.05) is 152 Å². The number of aromatic nitrogens is 5. The smallest absolute Gasteiger partial charge is 0.164 e. The zero-order valence-electron chi connectivity index (χ0n) is 31.5. The number of benzene rings is 7. The molecule has 0 amide bonds. The molecule has 0 bridgehead atoms. The van der Waals surface area contributed by atoms with E-state index in [-0.39, 0.29) is 0 Å².